The third kappa shape index (κ3) is 6.38. The molecule has 92 valence electrons. The van der Waals surface area contributed by atoms with Crippen LogP contribution in [-0.4, -0.2) is 6.61 Å². The van der Waals surface area contributed by atoms with Crippen molar-refractivity contribution in [1.29, 1.82) is 0 Å². The highest BCUT2D eigenvalue weighted by atomic mass is 19.1. The number of benzene rings is 1. The Hall–Kier alpha value is -1.12. The van der Waals surface area contributed by atoms with Crippen molar-refractivity contribution in [1.82, 2.24) is 0 Å². The van der Waals surface area contributed by atoms with Crippen LogP contribution in [0.2, 0.25) is 0 Å². The molecule has 0 amide bonds. The van der Waals surface area contributed by atoms with E-state index in [1.807, 2.05) is 13.8 Å². The van der Waals surface area contributed by atoms with E-state index >= 15 is 0 Å². The molecule has 0 heterocycles. The fourth-order valence-corrected chi connectivity index (χ4v) is 1.02. The first-order valence-electron chi connectivity index (χ1n) is 5.67. The third-order valence-electron chi connectivity index (χ3n) is 1.80. The Bertz CT molecular complexity index is 278. The minimum Gasteiger partial charge on any atom is -0.493 e. The van der Waals surface area contributed by atoms with Crippen LogP contribution in [0.3, 0.4) is 0 Å². The molecule has 0 aliphatic rings. The molecular weight excluding hydrogens is 210 g/mol. The van der Waals surface area contributed by atoms with Crippen molar-refractivity contribution >= 4 is 0 Å². The summed E-state index contributed by atoms with van der Waals surface area (Å²) in [5, 5.41) is 0. The number of halogens is 2. The number of hydrogen-bond acceptors (Lipinski definition) is 1. The van der Waals surface area contributed by atoms with Crippen molar-refractivity contribution in [2.24, 2.45) is 5.92 Å². The van der Waals surface area contributed by atoms with E-state index in [2.05, 4.69) is 13.8 Å². The van der Waals surface area contributed by atoms with E-state index in [1.165, 1.54) is 12.1 Å². The van der Waals surface area contributed by atoms with Gasteiger partial charge in [0.2, 0.25) is 0 Å². The summed E-state index contributed by atoms with van der Waals surface area (Å²) < 4.78 is 30.6. The summed E-state index contributed by atoms with van der Waals surface area (Å²) >= 11 is 0. The molecule has 0 saturated carbocycles. The Morgan fingerprint density at radius 2 is 1.56 bits per heavy atom. The predicted molar refractivity (Wildman–Crippen MR) is 62.7 cm³/mol. The first-order valence-corrected chi connectivity index (χ1v) is 5.67. The van der Waals surface area contributed by atoms with Gasteiger partial charge in [-0.05, 0) is 12.3 Å². The SMILES string of the molecule is CC.CC(C)CCOc1cc(F)cc(F)c1. The van der Waals surface area contributed by atoms with Crippen LogP contribution in [0.25, 0.3) is 0 Å². The van der Waals surface area contributed by atoms with Crippen LogP contribution >= 0.6 is 0 Å². The van der Waals surface area contributed by atoms with E-state index in [0.717, 1.165) is 12.5 Å². The van der Waals surface area contributed by atoms with Crippen LogP contribution in [0.1, 0.15) is 34.1 Å². The van der Waals surface area contributed by atoms with E-state index < -0.39 is 11.6 Å². The molecule has 0 unspecified atom stereocenters. The molecule has 0 spiro atoms. The summed E-state index contributed by atoms with van der Waals surface area (Å²) in [4.78, 5) is 0. The van der Waals surface area contributed by atoms with Gasteiger partial charge in [-0.1, -0.05) is 27.7 Å². The Balaban J connectivity index is 0.00000106. The summed E-state index contributed by atoms with van der Waals surface area (Å²) in [6.45, 7) is 8.62. The Morgan fingerprint density at radius 1 is 1.06 bits per heavy atom. The second-order valence-corrected chi connectivity index (χ2v) is 3.64. The molecule has 16 heavy (non-hydrogen) atoms. The van der Waals surface area contributed by atoms with Gasteiger partial charge in [-0.3, -0.25) is 0 Å². The lowest BCUT2D eigenvalue weighted by Crippen LogP contribution is -2.01. The monoisotopic (exact) mass is 230 g/mol. The van der Waals surface area contributed by atoms with Crippen LogP contribution in [0, 0.1) is 17.6 Å². The molecule has 0 fully saturated rings. The molecule has 1 aromatic carbocycles. The van der Waals surface area contributed by atoms with Crippen molar-refractivity contribution in [3.63, 3.8) is 0 Å². The standard InChI is InChI=1S/C11H14F2O.C2H6/c1-8(2)3-4-14-11-6-9(12)5-10(13)7-11;1-2/h5-8H,3-4H2,1-2H3;1-2H3. The average Bonchev–Trinajstić information content (AvgIpc) is 2.18. The van der Waals surface area contributed by atoms with Gasteiger partial charge in [-0.2, -0.15) is 0 Å². The highest BCUT2D eigenvalue weighted by molar-refractivity contribution is 5.23. The number of ether oxygens (including phenoxy) is 1. The maximum absolute atomic E-state index is 12.7. The Labute approximate surface area is 96.4 Å². The molecule has 1 aromatic rings. The minimum atomic E-state index is -0.607. The van der Waals surface area contributed by atoms with Gasteiger partial charge >= 0.3 is 0 Å². The van der Waals surface area contributed by atoms with Crippen molar-refractivity contribution in [3.8, 4) is 5.75 Å². The van der Waals surface area contributed by atoms with Gasteiger partial charge in [0.15, 0.2) is 0 Å². The minimum absolute atomic E-state index is 0.253. The lowest BCUT2D eigenvalue weighted by molar-refractivity contribution is 0.287. The van der Waals surface area contributed by atoms with Gasteiger partial charge in [-0.15, -0.1) is 0 Å². The van der Waals surface area contributed by atoms with E-state index in [-0.39, 0.29) is 5.75 Å². The summed E-state index contributed by atoms with van der Waals surface area (Å²) in [6.07, 6.45) is 0.873. The highest BCUT2D eigenvalue weighted by Gasteiger charge is 2.01. The van der Waals surface area contributed by atoms with Gasteiger partial charge < -0.3 is 4.74 Å². The molecule has 1 rings (SSSR count). The van der Waals surface area contributed by atoms with E-state index in [0.29, 0.717) is 12.5 Å². The van der Waals surface area contributed by atoms with Crippen LogP contribution < -0.4 is 4.74 Å². The second kappa shape index (κ2) is 8.08. The molecule has 0 aliphatic heterocycles. The van der Waals surface area contributed by atoms with Gasteiger partial charge in [0.05, 0.1) is 6.61 Å². The quantitative estimate of drug-likeness (QED) is 0.744. The molecule has 3 heteroatoms. The molecule has 0 atom stereocenters. The van der Waals surface area contributed by atoms with Gasteiger partial charge in [0.1, 0.15) is 17.4 Å². The zero-order valence-electron chi connectivity index (χ0n) is 10.4. The number of rotatable bonds is 4. The molecule has 0 saturated heterocycles. The first-order chi connectivity index (χ1) is 7.58. The topological polar surface area (TPSA) is 9.23 Å². The molecule has 0 aromatic heterocycles. The summed E-state index contributed by atoms with van der Waals surface area (Å²) in [5.74, 6) is -0.439. The van der Waals surface area contributed by atoms with Gasteiger partial charge in [0, 0.05) is 18.2 Å². The molecule has 1 nitrogen and oxygen atoms in total. The van der Waals surface area contributed by atoms with E-state index in [1.54, 1.807) is 0 Å². The summed E-state index contributed by atoms with van der Waals surface area (Å²) in [6, 6.07) is 3.20. The van der Waals surface area contributed by atoms with Crippen molar-refractivity contribution in [3.05, 3.63) is 29.8 Å². The van der Waals surface area contributed by atoms with Crippen LogP contribution in [0.4, 0.5) is 8.78 Å². The normalized spacial score (nSPS) is 9.69. The lowest BCUT2D eigenvalue weighted by atomic mass is 10.1. The smallest absolute Gasteiger partial charge is 0.129 e. The maximum atomic E-state index is 12.7. The van der Waals surface area contributed by atoms with Crippen molar-refractivity contribution < 1.29 is 13.5 Å². The maximum Gasteiger partial charge on any atom is 0.129 e. The molecule has 0 N–H and O–H groups in total. The van der Waals surface area contributed by atoms with Gasteiger partial charge in [-0.25, -0.2) is 8.78 Å². The van der Waals surface area contributed by atoms with Crippen LogP contribution in [0.5, 0.6) is 5.75 Å². The fourth-order valence-electron chi connectivity index (χ4n) is 1.02. The average molecular weight is 230 g/mol. The van der Waals surface area contributed by atoms with Gasteiger partial charge in [0.25, 0.3) is 0 Å². The lowest BCUT2D eigenvalue weighted by Gasteiger charge is -2.07. The molecule has 0 aliphatic carbocycles. The predicted octanol–water partition coefficient (Wildman–Crippen LogP) is 4.42. The highest BCUT2D eigenvalue weighted by Crippen LogP contribution is 2.15. The molecule has 0 radical (unpaired) electrons. The Morgan fingerprint density at radius 3 is 2.00 bits per heavy atom. The number of hydrogen-bond donors (Lipinski definition) is 0. The van der Waals surface area contributed by atoms with E-state index in [9.17, 15) is 8.78 Å². The van der Waals surface area contributed by atoms with Crippen molar-refractivity contribution in [2.45, 2.75) is 34.1 Å². The zero-order valence-corrected chi connectivity index (χ0v) is 10.4. The van der Waals surface area contributed by atoms with Crippen LogP contribution in [0.15, 0.2) is 18.2 Å². The fraction of sp³-hybridized carbons (Fsp3) is 0.538. The largest absolute Gasteiger partial charge is 0.493 e. The zero-order chi connectivity index (χ0) is 12.6. The third-order valence-corrected chi connectivity index (χ3v) is 1.80. The summed E-state index contributed by atoms with van der Waals surface area (Å²) in [5.41, 5.74) is 0. The Kier molecular flexibility index (Phi) is 7.52. The van der Waals surface area contributed by atoms with Crippen molar-refractivity contribution in [2.75, 3.05) is 6.61 Å². The first kappa shape index (κ1) is 14.9. The van der Waals surface area contributed by atoms with E-state index in [4.69, 9.17) is 4.74 Å². The van der Waals surface area contributed by atoms with Crippen LogP contribution in [-0.2, 0) is 0 Å². The molecule has 0 bridgehead atoms. The molecular formula is C13H20F2O. The second-order valence-electron chi connectivity index (χ2n) is 3.64. The summed E-state index contributed by atoms with van der Waals surface area (Å²) in [7, 11) is 0.